The summed E-state index contributed by atoms with van der Waals surface area (Å²) in [5.41, 5.74) is 5.50. The molecule has 0 aromatic carbocycles. The molecule has 0 spiro atoms. The molecule has 1 unspecified atom stereocenters. The molecule has 0 saturated carbocycles. The first-order valence-corrected chi connectivity index (χ1v) is 3.69. The van der Waals surface area contributed by atoms with Gasteiger partial charge in [0.1, 0.15) is 0 Å². The fraction of sp³-hybridized carbons (Fsp3) is 1.00. The van der Waals surface area contributed by atoms with E-state index in [-0.39, 0.29) is 0 Å². The Kier molecular flexibility index (Phi) is 5.99. The molecule has 0 fully saturated rings. The van der Waals surface area contributed by atoms with E-state index in [0.717, 1.165) is 19.0 Å². The van der Waals surface area contributed by atoms with Crippen LogP contribution in [-0.4, -0.2) is 20.1 Å². The van der Waals surface area contributed by atoms with Crippen molar-refractivity contribution in [2.24, 2.45) is 11.7 Å². The summed E-state index contributed by atoms with van der Waals surface area (Å²) in [7, 11) is 1.98. The van der Waals surface area contributed by atoms with E-state index in [9.17, 15) is 0 Å². The third-order valence-electron chi connectivity index (χ3n) is 1.71. The Morgan fingerprint density at radius 2 is 2.22 bits per heavy atom. The molecule has 0 rings (SSSR count). The molecule has 1 atom stereocenters. The predicted octanol–water partition coefficient (Wildman–Crippen LogP) is 0.581. The van der Waals surface area contributed by atoms with Crippen molar-refractivity contribution in [3.8, 4) is 0 Å². The standard InChI is InChI=1S/C7H18N2/c1-3-7(6-8)4-5-9-2/h7,9H,3-6,8H2,1-2H3. The smallest absolute Gasteiger partial charge is 0.00485 e. The van der Waals surface area contributed by atoms with E-state index in [1.54, 1.807) is 0 Å². The minimum atomic E-state index is 0.720. The number of nitrogens with two attached hydrogens (primary N) is 1. The average molecular weight is 130 g/mol. The maximum atomic E-state index is 5.50. The largest absolute Gasteiger partial charge is 0.330 e. The number of rotatable bonds is 5. The van der Waals surface area contributed by atoms with Crippen LogP contribution >= 0.6 is 0 Å². The maximum Gasteiger partial charge on any atom is -0.00485 e. The van der Waals surface area contributed by atoms with E-state index in [0.29, 0.717) is 0 Å². The molecule has 0 bridgehead atoms. The maximum absolute atomic E-state index is 5.50. The van der Waals surface area contributed by atoms with Crippen LogP contribution in [0.25, 0.3) is 0 Å². The van der Waals surface area contributed by atoms with E-state index in [4.69, 9.17) is 5.73 Å². The molecule has 0 aromatic heterocycles. The van der Waals surface area contributed by atoms with Crippen LogP contribution in [0.1, 0.15) is 19.8 Å². The molecule has 0 aliphatic carbocycles. The highest BCUT2D eigenvalue weighted by Crippen LogP contribution is 2.03. The zero-order chi connectivity index (χ0) is 7.11. The molecule has 0 radical (unpaired) electrons. The van der Waals surface area contributed by atoms with Crippen molar-refractivity contribution in [3.05, 3.63) is 0 Å². The fourth-order valence-electron chi connectivity index (χ4n) is 0.837. The van der Waals surface area contributed by atoms with Crippen LogP contribution in [0.5, 0.6) is 0 Å². The van der Waals surface area contributed by atoms with Crippen LogP contribution in [0, 0.1) is 5.92 Å². The van der Waals surface area contributed by atoms with Gasteiger partial charge >= 0.3 is 0 Å². The first kappa shape index (κ1) is 8.92. The van der Waals surface area contributed by atoms with Gasteiger partial charge in [-0.2, -0.15) is 0 Å². The van der Waals surface area contributed by atoms with Gasteiger partial charge in [-0.15, -0.1) is 0 Å². The van der Waals surface area contributed by atoms with Crippen LogP contribution in [0.4, 0.5) is 0 Å². The van der Waals surface area contributed by atoms with Crippen LogP contribution in [-0.2, 0) is 0 Å². The van der Waals surface area contributed by atoms with Gasteiger partial charge in [0.15, 0.2) is 0 Å². The summed E-state index contributed by atoms with van der Waals surface area (Å²) in [5.74, 6) is 0.720. The summed E-state index contributed by atoms with van der Waals surface area (Å²) in [6.45, 7) is 4.11. The first-order valence-electron chi connectivity index (χ1n) is 3.69. The predicted molar refractivity (Wildman–Crippen MR) is 41.4 cm³/mol. The summed E-state index contributed by atoms with van der Waals surface area (Å²) in [4.78, 5) is 0. The molecule has 2 heteroatoms. The van der Waals surface area contributed by atoms with E-state index in [2.05, 4.69) is 12.2 Å². The Bertz CT molecular complexity index is 50.9. The molecule has 9 heavy (non-hydrogen) atoms. The van der Waals surface area contributed by atoms with Gasteiger partial charge in [-0.25, -0.2) is 0 Å². The minimum absolute atomic E-state index is 0.720. The Hall–Kier alpha value is -0.0800. The number of nitrogens with one attached hydrogen (secondary N) is 1. The van der Waals surface area contributed by atoms with E-state index >= 15 is 0 Å². The highest BCUT2D eigenvalue weighted by Gasteiger charge is 2.00. The lowest BCUT2D eigenvalue weighted by atomic mass is 10.0. The monoisotopic (exact) mass is 130 g/mol. The summed E-state index contributed by atoms with van der Waals surface area (Å²) < 4.78 is 0. The normalized spacial score (nSPS) is 13.7. The second kappa shape index (κ2) is 6.05. The lowest BCUT2D eigenvalue weighted by Crippen LogP contribution is -2.19. The van der Waals surface area contributed by atoms with Crippen molar-refractivity contribution in [1.82, 2.24) is 5.32 Å². The Morgan fingerprint density at radius 1 is 1.56 bits per heavy atom. The molecule has 0 amide bonds. The van der Waals surface area contributed by atoms with E-state index in [1.165, 1.54) is 12.8 Å². The molecule has 3 N–H and O–H groups in total. The van der Waals surface area contributed by atoms with Gasteiger partial charge in [0.05, 0.1) is 0 Å². The summed E-state index contributed by atoms with van der Waals surface area (Å²) in [6, 6.07) is 0. The van der Waals surface area contributed by atoms with Crippen molar-refractivity contribution in [3.63, 3.8) is 0 Å². The Labute approximate surface area is 57.8 Å². The second-order valence-electron chi connectivity index (χ2n) is 2.40. The topological polar surface area (TPSA) is 38.0 Å². The molecule has 0 aliphatic heterocycles. The Morgan fingerprint density at radius 3 is 2.56 bits per heavy atom. The lowest BCUT2D eigenvalue weighted by Gasteiger charge is -2.10. The quantitative estimate of drug-likeness (QED) is 0.571. The van der Waals surface area contributed by atoms with Crippen LogP contribution in [0.15, 0.2) is 0 Å². The minimum Gasteiger partial charge on any atom is -0.330 e. The summed E-state index contributed by atoms with van der Waals surface area (Å²) >= 11 is 0. The highest BCUT2D eigenvalue weighted by atomic mass is 14.8. The molecule has 0 saturated heterocycles. The molecule has 0 aliphatic rings. The molecule has 2 nitrogen and oxygen atoms in total. The molecule has 0 heterocycles. The fourth-order valence-corrected chi connectivity index (χ4v) is 0.837. The molecule has 56 valence electrons. The van der Waals surface area contributed by atoms with Gasteiger partial charge in [-0.05, 0) is 32.5 Å². The average Bonchev–Trinajstić information content (AvgIpc) is 1.91. The number of hydrogen-bond donors (Lipinski definition) is 2. The first-order chi connectivity index (χ1) is 4.35. The molecule has 0 aromatic rings. The van der Waals surface area contributed by atoms with E-state index in [1.807, 2.05) is 7.05 Å². The van der Waals surface area contributed by atoms with Gasteiger partial charge in [-0.3, -0.25) is 0 Å². The third-order valence-corrected chi connectivity index (χ3v) is 1.71. The zero-order valence-electron chi connectivity index (χ0n) is 6.48. The van der Waals surface area contributed by atoms with Gasteiger partial charge < -0.3 is 11.1 Å². The van der Waals surface area contributed by atoms with Crippen molar-refractivity contribution < 1.29 is 0 Å². The SMILES string of the molecule is CCC(CN)CCNC. The lowest BCUT2D eigenvalue weighted by molar-refractivity contribution is 0.471. The second-order valence-corrected chi connectivity index (χ2v) is 2.40. The van der Waals surface area contributed by atoms with Crippen LogP contribution < -0.4 is 11.1 Å². The van der Waals surface area contributed by atoms with Crippen LogP contribution in [0.2, 0.25) is 0 Å². The van der Waals surface area contributed by atoms with Crippen molar-refractivity contribution in [2.45, 2.75) is 19.8 Å². The Balaban J connectivity index is 3.09. The summed E-state index contributed by atoms with van der Waals surface area (Å²) in [6.07, 6.45) is 2.42. The van der Waals surface area contributed by atoms with E-state index < -0.39 is 0 Å². The highest BCUT2D eigenvalue weighted by molar-refractivity contribution is 4.57. The van der Waals surface area contributed by atoms with Gasteiger partial charge in [0.2, 0.25) is 0 Å². The zero-order valence-corrected chi connectivity index (χ0v) is 6.48. The van der Waals surface area contributed by atoms with Gasteiger partial charge in [0.25, 0.3) is 0 Å². The molecular weight excluding hydrogens is 112 g/mol. The number of hydrogen-bond acceptors (Lipinski definition) is 2. The molecular formula is C7H18N2. The summed E-state index contributed by atoms with van der Waals surface area (Å²) in [5, 5.41) is 3.11. The van der Waals surface area contributed by atoms with Crippen molar-refractivity contribution >= 4 is 0 Å². The third kappa shape index (κ3) is 4.43. The van der Waals surface area contributed by atoms with Crippen LogP contribution in [0.3, 0.4) is 0 Å². The van der Waals surface area contributed by atoms with Crippen molar-refractivity contribution in [2.75, 3.05) is 20.1 Å². The van der Waals surface area contributed by atoms with Gasteiger partial charge in [-0.1, -0.05) is 13.3 Å². The van der Waals surface area contributed by atoms with Crippen molar-refractivity contribution in [1.29, 1.82) is 0 Å². The van der Waals surface area contributed by atoms with Gasteiger partial charge in [0, 0.05) is 0 Å².